The van der Waals surface area contributed by atoms with E-state index in [4.69, 9.17) is 5.11 Å². The number of carbonyl (C=O) groups is 2. The number of hydrogen-bond acceptors (Lipinski definition) is 2. The number of piperidine rings is 1. The van der Waals surface area contributed by atoms with Crippen LogP contribution in [0.1, 0.15) is 47.2 Å². The molecule has 114 valence electrons. The van der Waals surface area contributed by atoms with Crippen molar-refractivity contribution in [3.8, 4) is 0 Å². The predicted octanol–water partition coefficient (Wildman–Crippen LogP) is 3.02. The monoisotopic (exact) mass is 289 g/mol. The van der Waals surface area contributed by atoms with Gasteiger partial charge in [-0.1, -0.05) is 17.2 Å². The molecule has 1 N–H and O–H groups in total. The SMILES string of the molecule is Cc1cc(C)cc(C(=O)N2CCC[C@@H](CCC(=O)O)C2)c1. The van der Waals surface area contributed by atoms with Gasteiger partial charge in [0.15, 0.2) is 0 Å². The number of amides is 1. The quantitative estimate of drug-likeness (QED) is 0.927. The first-order valence-corrected chi connectivity index (χ1v) is 7.55. The Bertz CT molecular complexity index is 519. The highest BCUT2D eigenvalue weighted by Gasteiger charge is 2.25. The molecule has 1 aliphatic rings. The molecule has 0 unspecified atom stereocenters. The number of carbonyl (C=O) groups excluding carboxylic acids is 1. The molecule has 1 aromatic rings. The summed E-state index contributed by atoms with van der Waals surface area (Å²) in [6.45, 7) is 5.44. The van der Waals surface area contributed by atoms with Gasteiger partial charge in [-0.2, -0.15) is 0 Å². The summed E-state index contributed by atoms with van der Waals surface area (Å²) in [5.41, 5.74) is 2.93. The average molecular weight is 289 g/mol. The fourth-order valence-electron chi connectivity index (χ4n) is 3.09. The molecular weight excluding hydrogens is 266 g/mol. The Labute approximate surface area is 125 Å². The summed E-state index contributed by atoms with van der Waals surface area (Å²) < 4.78 is 0. The van der Waals surface area contributed by atoms with Crippen LogP contribution >= 0.6 is 0 Å². The van der Waals surface area contributed by atoms with Gasteiger partial charge in [-0.05, 0) is 51.2 Å². The first kappa shape index (κ1) is 15.5. The molecule has 0 bridgehead atoms. The van der Waals surface area contributed by atoms with Crippen LogP contribution in [0, 0.1) is 19.8 Å². The van der Waals surface area contributed by atoms with Gasteiger partial charge in [0.05, 0.1) is 0 Å². The molecule has 1 aliphatic heterocycles. The number of benzene rings is 1. The van der Waals surface area contributed by atoms with Crippen LogP contribution in [0.5, 0.6) is 0 Å². The molecule has 4 heteroatoms. The Kier molecular flexibility index (Phi) is 4.99. The number of likely N-dealkylation sites (tertiary alicyclic amines) is 1. The molecule has 4 nitrogen and oxygen atoms in total. The van der Waals surface area contributed by atoms with Crippen molar-refractivity contribution in [3.63, 3.8) is 0 Å². The normalized spacial score (nSPS) is 18.6. The van der Waals surface area contributed by atoms with Crippen molar-refractivity contribution in [2.45, 2.75) is 39.5 Å². The number of aryl methyl sites for hydroxylation is 2. The zero-order chi connectivity index (χ0) is 15.4. The van der Waals surface area contributed by atoms with Crippen molar-refractivity contribution in [2.75, 3.05) is 13.1 Å². The lowest BCUT2D eigenvalue weighted by Crippen LogP contribution is -2.40. The van der Waals surface area contributed by atoms with Crippen LogP contribution in [-0.2, 0) is 4.79 Å². The van der Waals surface area contributed by atoms with E-state index in [-0.39, 0.29) is 12.3 Å². The minimum atomic E-state index is -0.757. The van der Waals surface area contributed by atoms with E-state index in [2.05, 4.69) is 6.07 Å². The zero-order valence-corrected chi connectivity index (χ0v) is 12.8. The molecule has 21 heavy (non-hydrogen) atoms. The lowest BCUT2D eigenvalue weighted by atomic mass is 9.93. The number of rotatable bonds is 4. The van der Waals surface area contributed by atoms with Crippen molar-refractivity contribution in [2.24, 2.45) is 5.92 Å². The Hall–Kier alpha value is -1.84. The van der Waals surface area contributed by atoms with Gasteiger partial charge in [0.1, 0.15) is 0 Å². The predicted molar refractivity (Wildman–Crippen MR) is 81.4 cm³/mol. The van der Waals surface area contributed by atoms with Gasteiger partial charge >= 0.3 is 5.97 Å². The summed E-state index contributed by atoms with van der Waals surface area (Å²) in [5.74, 6) is -0.376. The third-order valence-corrected chi connectivity index (χ3v) is 4.04. The van der Waals surface area contributed by atoms with Crippen molar-refractivity contribution in [1.29, 1.82) is 0 Å². The molecule has 0 saturated carbocycles. The molecule has 1 atom stereocenters. The van der Waals surface area contributed by atoms with E-state index in [0.717, 1.165) is 36.1 Å². The maximum Gasteiger partial charge on any atom is 0.303 e. The van der Waals surface area contributed by atoms with Crippen molar-refractivity contribution >= 4 is 11.9 Å². The van der Waals surface area contributed by atoms with Gasteiger partial charge in [-0.25, -0.2) is 0 Å². The zero-order valence-electron chi connectivity index (χ0n) is 12.8. The maximum atomic E-state index is 12.6. The number of aliphatic carboxylic acids is 1. The van der Waals surface area contributed by atoms with Crippen LogP contribution in [0.15, 0.2) is 18.2 Å². The largest absolute Gasteiger partial charge is 0.481 e. The highest BCUT2D eigenvalue weighted by atomic mass is 16.4. The van der Waals surface area contributed by atoms with E-state index >= 15 is 0 Å². The second-order valence-corrected chi connectivity index (χ2v) is 6.07. The van der Waals surface area contributed by atoms with Gasteiger partial charge < -0.3 is 10.0 Å². The van der Waals surface area contributed by atoms with Gasteiger partial charge in [0.2, 0.25) is 0 Å². The van der Waals surface area contributed by atoms with Crippen LogP contribution in [0.2, 0.25) is 0 Å². The van der Waals surface area contributed by atoms with Crippen LogP contribution in [0.3, 0.4) is 0 Å². The number of carboxylic acids is 1. The molecule has 0 aromatic heterocycles. The summed E-state index contributed by atoms with van der Waals surface area (Å²) in [6.07, 6.45) is 2.83. The summed E-state index contributed by atoms with van der Waals surface area (Å²) >= 11 is 0. The molecule has 2 rings (SSSR count). The Morgan fingerprint density at radius 2 is 1.90 bits per heavy atom. The average Bonchev–Trinajstić information content (AvgIpc) is 2.43. The highest BCUT2D eigenvalue weighted by molar-refractivity contribution is 5.94. The van der Waals surface area contributed by atoms with Crippen LogP contribution in [-0.4, -0.2) is 35.0 Å². The topological polar surface area (TPSA) is 57.6 Å². The minimum absolute atomic E-state index is 0.0711. The lowest BCUT2D eigenvalue weighted by Gasteiger charge is -2.32. The van der Waals surface area contributed by atoms with Crippen molar-refractivity contribution in [1.82, 2.24) is 4.90 Å². The summed E-state index contributed by atoms with van der Waals surface area (Å²) in [7, 11) is 0. The van der Waals surface area contributed by atoms with E-state index in [9.17, 15) is 9.59 Å². The van der Waals surface area contributed by atoms with Crippen LogP contribution in [0.4, 0.5) is 0 Å². The summed E-state index contributed by atoms with van der Waals surface area (Å²) in [4.78, 5) is 25.1. The number of hydrogen-bond donors (Lipinski definition) is 1. The second kappa shape index (κ2) is 6.74. The molecule has 0 spiro atoms. The van der Waals surface area contributed by atoms with Crippen LogP contribution in [0.25, 0.3) is 0 Å². The number of carboxylic acid groups (broad SMARTS) is 1. The molecule has 1 amide bonds. The van der Waals surface area contributed by atoms with E-state index in [1.807, 2.05) is 30.9 Å². The molecule has 1 heterocycles. The Morgan fingerprint density at radius 1 is 1.24 bits per heavy atom. The molecular formula is C17H23NO3. The fourth-order valence-corrected chi connectivity index (χ4v) is 3.09. The summed E-state index contributed by atoms with van der Waals surface area (Å²) in [5, 5.41) is 8.78. The maximum absolute atomic E-state index is 12.6. The smallest absolute Gasteiger partial charge is 0.303 e. The van der Waals surface area contributed by atoms with E-state index in [1.165, 1.54) is 0 Å². The van der Waals surface area contributed by atoms with E-state index in [1.54, 1.807) is 0 Å². The van der Waals surface area contributed by atoms with Gasteiger partial charge in [0, 0.05) is 25.1 Å². The Morgan fingerprint density at radius 3 is 2.52 bits per heavy atom. The summed E-state index contributed by atoms with van der Waals surface area (Å²) in [6, 6.07) is 5.91. The molecule has 1 saturated heterocycles. The fraction of sp³-hybridized carbons (Fsp3) is 0.529. The molecule has 0 radical (unpaired) electrons. The molecule has 1 aromatic carbocycles. The molecule has 0 aliphatic carbocycles. The van der Waals surface area contributed by atoms with E-state index < -0.39 is 5.97 Å². The van der Waals surface area contributed by atoms with Gasteiger partial charge in [-0.3, -0.25) is 9.59 Å². The van der Waals surface area contributed by atoms with E-state index in [0.29, 0.717) is 18.9 Å². The van der Waals surface area contributed by atoms with Gasteiger partial charge in [-0.15, -0.1) is 0 Å². The number of nitrogens with zero attached hydrogens (tertiary/aromatic N) is 1. The Balaban J connectivity index is 2.03. The standard InChI is InChI=1S/C17H23NO3/c1-12-8-13(2)10-15(9-12)17(21)18-7-3-4-14(11-18)5-6-16(19)20/h8-10,14H,3-7,11H2,1-2H3,(H,19,20)/t14-/m0/s1. The first-order valence-electron chi connectivity index (χ1n) is 7.55. The first-order chi connectivity index (χ1) is 9.95. The van der Waals surface area contributed by atoms with Crippen LogP contribution < -0.4 is 0 Å². The minimum Gasteiger partial charge on any atom is -0.481 e. The van der Waals surface area contributed by atoms with Gasteiger partial charge in [0.25, 0.3) is 5.91 Å². The molecule has 1 fully saturated rings. The second-order valence-electron chi connectivity index (χ2n) is 6.07. The highest BCUT2D eigenvalue weighted by Crippen LogP contribution is 2.23. The van der Waals surface area contributed by atoms with Crippen molar-refractivity contribution < 1.29 is 14.7 Å². The third-order valence-electron chi connectivity index (χ3n) is 4.04. The lowest BCUT2D eigenvalue weighted by molar-refractivity contribution is -0.137. The third kappa shape index (κ3) is 4.31. The van der Waals surface area contributed by atoms with Crippen molar-refractivity contribution in [3.05, 3.63) is 34.9 Å².